The summed E-state index contributed by atoms with van der Waals surface area (Å²) < 4.78 is 25.8. The minimum atomic E-state index is -3.40. The Bertz CT molecular complexity index is 557. The molecule has 104 valence electrons. The van der Waals surface area contributed by atoms with Crippen molar-refractivity contribution in [3.8, 4) is 11.8 Å². The Morgan fingerprint density at radius 1 is 1.32 bits per heavy atom. The zero-order valence-electron chi connectivity index (χ0n) is 11.1. The first-order valence-corrected chi connectivity index (χ1v) is 8.60. The first-order valence-electron chi connectivity index (χ1n) is 5.76. The van der Waals surface area contributed by atoms with Crippen LogP contribution in [-0.2, 0) is 10.0 Å². The third-order valence-electron chi connectivity index (χ3n) is 2.51. The molecule has 0 aliphatic rings. The van der Waals surface area contributed by atoms with Gasteiger partial charge in [-0.1, -0.05) is 11.8 Å². The third-order valence-corrected chi connectivity index (χ3v) is 4.97. The number of nitrogens with zero attached hydrogens (tertiary/aromatic N) is 1. The van der Waals surface area contributed by atoms with Gasteiger partial charge in [-0.3, -0.25) is 0 Å². The van der Waals surface area contributed by atoms with Crippen LogP contribution in [0.4, 0.5) is 0 Å². The van der Waals surface area contributed by atoms with Gasteiger partial charge in [-0.15, -0.1) is 0 Å². The van der Waals surface area contributed by atoms with Crippen LogP contribution >= 0.6 is 11.8 Å². The molecule has 0 heterocycles. The second-order valence-electron chi connectivity index (χ2n) is 3.85. The van der Waals surface area contributed by atoms with Crippen LogP contribution in [0.2, 0.25) is 0 Å². The summed E-state index contributed by atoms with van der Waals surface area (Å²) in [6.45, 7) is 0.787. The Morgan fingerprint density at radius 3 is 2.47 bits per heavy atom. The fourth-order valence-electron chi connectivity index (χ4n) is 1.38. The van der Waals surface area contributed by atoms with Crippen LogP contribution in [0.3, 0.4) is 0 Å². The SMILES string of the molecule is CSCCN(C)S(=O)(=O)c1ccc(C#CCN)cc1. The van der Waals surface area contributed by atoms with E-state index in [4.69, 9.17) is 5.73 Å². The highest BCUT2D eigenvalue weighted by Gasteiger charge is 2.19. The lowest BCUT2D eigenvalue weighted by atomic mass is 10.2. The molecule has 1 aromatic carbocycles. The summed E-state index contributed by atoms with van der Waals surface area (Å²) in [6, 6.07) is 6.53. The molecule has 0 unspecified atom stereocenters. The van der Waals surface area contributed by atoms with Crippen molar-refractivity contribution in [1.29, 1.82) is 0 Å². The van der Waals surface area contributed by atoms with E-state index in [1.807, 2.05) is 6.26 Å². The Hall–Kier alpha value is -1.00. The van der Waals surface area contributed by atoms with Crippen LogP contribution < -0.4 is 5.73 Å². The van der Waals surface area contributed by atoms with Crippen molar-refractivity contribution in [2.24, 2.45) is 5.73 Å². The summed E-state index contributed by atoms with van der Waals surface area (Å²) in [5.74, 6) is 6.36. The Kier molecular flexibility index (Phi) is 6.38. The first-order chi connectivity index (χ1) is 9.02. The van der Waals surface area contributed by atoms with Gasteiger partial charge < -0.3 is 5.73 Å². The van der Waals surface area contributed by atoms with E-state index in [0.717, 1.165) is 11.3 Å². The fourth-order valence-corrected chi connectivity index (χ4v) is 3.13. The zero-order chi connectivity index (χ0) is 14.3. The predicted molar refractivity (Wildman–Crippen MR) is 80.6 cm³/mol. The monoisotopic (exact) mass is 298 g/mol. The minimum Gasteiger partial charge on any atom is -0.320 e. The molecule has 2 N–H and O–H groups in total. The van der Waals surface area contributed by atoms with E-state index in [2.05, 4.69) is 11.8 Å². The van der Waals surface area contributed by atoms with Gasteiger partial charge in [0.15, 0.2) is 0 Å². The lowest BCUT2D eigenvalue weighted by molar-refractivity contribution is 0.488. The van der Waals surface area contributed by atoms with E-state index in [9.17, 15) is 8.42 Å². The van der Waals surface area contributed by atoms with Crippen LogP contribution in [0.15, 0.2) is 29.2 Å². The second kappa shape index (κ2) is 7.56. The molecule has 0 radical (unpaired) electrons. The highest BCUT2D eigenvalue weighted by molar-refractivity contribution is 7.98. The Balaban J connectivity index is 2.90. The molecule has 0 saturated carbocycles. The summed E-state index contributed by atoms with van der Waals surface area (Å²) in [6.07, 6.45) is 1.95. The summed E-state index contributed by atoms with van der Waals surface area (Å²) in [4.78, 5) is 0.286. The van der Waals surface area contributed by atoms with Crippen molar-refractivity contribution in [3.05, 3.63) is 29.8 Å². The molecule has 0 bridgehead atoms. The van der Waals surface area contributed by atoms with Gasteiger partial charge in [-0.25, -0.2) is 12.7 Å². The van der Waals surface area contributed by atoms with Gasteiger partial charge in [0, 0.05) is 24.9 Å². The minimum absolute atomic E-state index is 0.286. The van der Waals surface area contributed by atoms with Crippen LogP contribution in [-0.4, -0.2) is 44.9 Å². The van der Waals surface area contributed by atoms with Crippen molar-refractivity contribution in [2.45, 2.75) is 4.90 Å². The standard InChI is InChI=1S/C13H18N2O2S2/c1-15(10-11-18-2)19(16,17)13-7-5-12(6-8-13)4-3-9-14/h5-8H,9-11,14H2,1-2H3. The van der Waals surface area contributed by atoms with Crippen molar-refractivity contribution in [2.75, 3.05) is 32.1 Å². The molecular weight excluding hydrogens is 280 g/mol. The smallest absolute Gasteiger partial charge is 0.242 e. The maximum absolute atomic E-state index is 12.2. The molecule has 0 saturated heterocycles. The Morgan fingerprint density at radius 2 is 1.95 bits per heavy atom. The van der Waals surface area contributed by atoms with Crippen LogP contribution in [0, 0.1) is 11.8 Å². The average molecular weight is 298 g/mol. The number of thioether (sulfide) groups is 1. The molecule has 6 heteroatoms. The molecule has 0 atom stereocenters. The fraction of sp³-hybridized carbons (Fsp3) is 0.385. The largest absolute Gasteiger partial charge is 0.320 e. The molecule has 0 aliphatic carbocycles. The number of hydrogen-bond acceptors (Lipinski definition) is 4. The number of hydrogen-bond donors (Lipinski definition) is 1. The number of sulfonamides is 1. The van der Waals surface area contributed by atoms with Crippen molar-refractivity contribution < 1.29 is 8.42 Å². The normalized spacial score (nSPS) is 11.2. The first kappa shape index (κ1) is 16.1. The molecule has 0 spiro atoms. The lowest BCUT2D eigenvalue weighted by Gasteiger charge is -2.16. The summed E-state index contributed by atoms with van der Waals surface area (Å²) >= 11 is 1.62. The van der Waals surface area contributed by atoms with Gasteiger partial charge in [-0.05, 0) is 30.5 Å². The lowest BCUT2D eigenvalue weighted by Crippen LogP contribution is -2.29. The van der Waals surface area contributed by atoms with Crippen LogP contribution in [0.5, 0.6) is 0 Å². The maximum atomic E-state index is 12.2. The zero-order valence-corrected chi connectivity index (χ0v) is 12.7. The van der Waals surface area contributed by atoms with E-state index in [-0.39, 0.29) is 11.4 Å². The van der Waals surface area contributed by atoms with E-state index in [1.165, 1.54) is 4.31 Å². The van der Waals surface area contributed by atoms with Crippen molar-refractivity contribution in [3.63, 3.8) is 0 Å². The highest BCUT2D eigenvalue weighted by Crippen LogP contribution is 2.15. The highest BCUT2D eigenvalue weighted by atomic mass is 32.2. The molecule has 0 aliphatic heterocycles. The van der Waals surface area contributed by atoms with Crippen LogP contribution in [0.1, 0.15) is 5.56 Å². The average Bonchev–Trinajstić information content (AvgIpc) is 2.42. The molecule has 19 heavy (non-hydrogen) atoms. The van der Waals surface area contributed by atoms with Crippen LogP contribution in [0.25, 0.3) is 0 Å². The summed E-state index contributed by atoms with van der Waals surface area (Å²) in [5.41, 5.74) is 6.04. The second-order valence-corrected chi connectivity index (χ2v) is 6.88. The topological polar surface area (TPSA) is 63.4 Å². The van der Waals surface area contributed by atoms with Gasteiger partial charge in [-0.2, -0.15) is 11.8 Å². The number of nitrogens with two attached hydrogens (primary N) is 1. The Labute approximate surface area is 119 Å². The summed E-state index contributed by atoms with van der Waals surface area (Å²) in [5, 5.41) is 0. The van der Waals surface area contributed by atoms with Gasteiger partial charge in [0.25, 0.3) is 0 Å². The molecule has 4 nitrogen and oxygen atoms in total. The maximum Gasteiger partial charge on any atom is 0.242 e. The molecule has 0 amide bonds. The van der Waals surface area contributed by atoms with Gasteiger partial charge in [0.1, 0.15) is 0 Å². The van der Waals surface area contributed by atoms with E-state index < -0.39 is 10.0 Å². The molecule has 1 rings (SSSR count). The molecule has 1 aromatic rings. The summed E-state index contributed by atoms with van der Waals surface area (Å²) in [7, 11) is -1.81. The quantitative estimate of drug-likeness (QED) is 0.823. The molecule has 0 aromatic heterocycles. The van der Waals surface area contributed by atoms with Crippen molar-refractivity contribution in [1.82, 2.24) is 4.31 Å². The van der Waals surface area contributed by atoms with E-state index >= 15 is 0 Å². The molecule has 0 fully saturated rings. The van der Waals surface area contributed by atoms with Crippen molar-refractivity contribution >= 4 is 21.8 Å². The van der Waals surface area contributed by atoms with E-state index in [0.29, 0.717) is 6.54 Å². The van der Waals surface area contributed by atoms with Gasteiger partial charge in [0.05, 0.1) is 11.4 Å². The predicted octanol–water partition coefficient (Wildman–Crippen LogP) is 0.980. The van der Waals surface area contributed by atoms with E-state index in [1.54, 1.807) is 43.1 Å². The number of benzene rings is 1. The molecular formula is C13H18N2O2S2. The third kappa shape index (κ3) is 4.55. The van der Waals surface area contributed by atoms with Gasteiger partial charge in [0.2, 0.25) is 10.0 Å². The van der Waals surface area contributed by atoms with Gasteiger partial charge >= 0.3 is 0 Å². The number of rotatable bonds is 5.